The van der Waals surface area contributed by atoms with Crippen molar-refractivity contribution >= 4 is 21.9 Å². The fourth-order valence-electron chi connectivity index (χ4n) is 2.80. The number of benzene rings is 1. The van der Waals surface area contributed by atoms with Gasteiger partial charge in [-0.25, -0.2) is 4.79 Å². The monoisotopic (exact) mass is 409 g/mol. The van der Waals surface area contributed by atoms with Crippen LogP contribution in [0.1, 0.15) is 34.0 Å². The molecule has 1 aliphatic heterocycles. The van der Waals surface area contributed by atoms with Crippen molar-refractivity contribution < 1.29 is 27.4 Å². The third-order valence-corrected chi connectivity index (χ3v) is 4.45. The number of nitrogens with zero attached hydrogens (tertiary/aromatic N) is 1. The number of hydrogen-bond acceptors (Lipinski definition) is 4. The molecule has 0 saturated carbocycles. The minimum absolute atomic E-state index is 0.0303. The number of hydrogen-bond donors (Lipinski definition) is 0. The Bertz CT molecular complexity index is 607. The molecule has 1 fully saturated rings. The average molecular weight is 410 g/mol. The van der Waals surface area contributed by atoms with Gasteiger partial charge < -0.3 is 9.47 Å². The number of ether oxygens (including phenoxy) is 2. The lowest BCUT2D eigenvalue weighted by Crippen LogP contribution is -2.40. The molecule has 134 valence electrons. The molecule has 0 aliphatic carbocycles. The molecule has 0 amide bonds. The van der Waals surface area contributed by atoms with Crippen molar-refractivity contribution in [2.75, 3.05) is 26.8 Å². The molecule has 24 heavy (non-hydrogen) atoms. The third-order valence-electron chi connectivity index (χ3n) is 3.89. The zero-order valence-corrected chi connectivity index (χ0v) is 15.0. The predicted molar refractivity (Wildman–Crippen MR) is 86.1 cm³/mol. The van der Waals surface area contributed by atoms with Gasteiger partial charge in [0.25, 0.3) is 0 Å². The summed E-state index contributed by atoms with van der Waals surface area (Å²) >= 11 is 3.05. The number of carbonyl (C=O) groups is 1. The van der Waals surface area contributed by atoms with E-state index in [-0.39, 0.29) is 22.6 Å². The highest BCUT2D eigenvalue weighted by atomic mass is 79.9. The fourth-order valence-corrected chi connectivity index (χ4v) is 3.41. The molecular weight excluding hydrogens is 391 g/mol. The van der Waals surface area contributed by atoms with E-state index in [9.17, 15) is 18.0 Å². The molecule has 1 heterocycles. The molecule has 0 N–H and O–H groups in total. The van der Waals surface area contributed by atoms with Crippen LogP contribution in [0, 0.1) is 0 Å². The number of rotatable bonds is 4. The molecule has 1 aromatic carbocycles. The third kappa shape index (κ3) is 4.49. The van der Waals surface area contributed by atoms with Crippen LogP contribution in [0.3, 0.4) is 0 Å². The normalized spacial score (nSPS) is 19.3. The maximum atomic E-state index is 13.4. The van der Waals surface area contributed by atoms with E-state index in [1.807, 2.05) is 11.8 Å². The van der Waals surface area contributed by atoms with Gasteiger partial charge in [-0.2, -0.15) is 13.2 Å². The van der Waals surface area contributed by atoms with Crippen LogP contribution in [-0.4, -0.2) is 43.8 Å². The Morgan fingerprint density at radius 1 is 1.46 bits per heavy atom. The van der Waals surface area contributed by atoms with E-state index >= 15 is 0 Å². The van der Waals surface area contributed by atoms with Gasteiger partial charge in [-0.05, 0) is 30.2 Å². The van der Waals surface area contributed by atoms with Crippen molar-refractivity contribution in [3.8, 4) is 0 Å². The summed E-state index contributed by atoms with van der Waals surface area (Å²) in [6.07, 6.45) is -4.51. The van der Waals surface area contributed by atoms with E-state index in [4.69, 9.17) is 4.74 Å². The summed E-state index contributed by atoms with van der Waals surface area (Å²) in [4.78, 5) is 13.9. The standard InChI is InChI=1S/C16H19BrF3NO3/c1-10-8-21(3-4-24-10)9-11-5-12(15(22)23-2)13(7-17)14(6-11)16(18,19)20/h5-6,10H,3-4,7-9H2,1-2H3/t10-/m1/s1. The molecule has 0 radical (unpaired) electrons. The Kier molecular flexibility index (Phi) is 6.28. The number of methoxy groups -OCH3 is 1. The van der Waals surface area contributed by atoms with Crippen LogP contribution in [0.15, 0.2) is 12.1 Å². The maximum absolute atomic E-state index is 13.4. The lowest BCUT2D eigenvalue weighted by molar-refractivity contribution is -0.138. The Morgan fingerprint density at radius 3 is 2.71 bits per heavy atom. The van der Waals surface area contributed by atoms with Gasteiger partial charge in [0.2, 0.25) is 0 Å². The fraction of sp³-hybridized carbons (Fsp3) is 0.562. The van der Waals surface area contributed by atoms with Gasteiger partial charge in [0.05, 0.1) is 30.9 Å². The number of morpholine rings is 1. The van der Waals surface area contributed by atoms with Crippen LogP contribution in [0.5, 0.6) is 0 Å². The van der Waals surface area contributed by atoms with Crippen LogP contribution in [0.25, 0.3) is 0 Å². The summed E-state index contributed by atoms with van der Waals surface area (Å²) in [7, 11) is 1.16. The largest absolute Gasteiger partial charge is 0.465 e. The molecule has 0 unspecified atom stereocenters. The molecule has 0 bridgehead atoms. The Balaban J connectivity index is 2.42. The molecule has 8 heteroatoms. The molecular formula is C16H19BrF3NO3. The SMILES string of the molecule is COC(=O)c1cc(CN2CCO[C@H](C)C2)cc(C(F)(F)F)c1CBr. The predicted octanol–water partition coefficient (Wildman–Crippen LogP) is 3.61. The minimum atomic E-state index is -4.54. The summed E-state index contributed by atoms with van der Waals surface area (Å²) in [6.45, 7) is 4.05. The topological polar surface area (TPSA) is 38.8 Å². The number of halogens is 4. The summed E-state index contributed by atoms with van der Waals surface area (Å²) in [5.74, 6) is -0.771. The van der Waals surface area contributed by atoms with Gasteiger partial charge in [0.1, 0.15) is 0 Å². The lowest BCUT2D eigenvalue weighted by Gasteiger charge is -2.31. The van der Waals surface area contributed by atoms with E-state index in [0.29, 0.717) is 31.8 Å². The van der Waals surface area contributed by atoms with Gasteiger partial charge in [-0.3, -0.25) is 4.90 Å². The zero-order chi connectivity index (χ0) is 17.9. The minimum Gasteiger partial charge on any atom is -0.465 e. The van der Waals surface area contributed by atoms with E-state index in [2.05, 4.69) is 20.7 Å². The van der Waals surface area contributed by atoms with E-state index in [1.165, 1.54) is 6.07 Å². The summed E-state index contributed by atoms with van der Waals surface area (Å²) in [5, 5.41) is -0.0822. The number of esters is 1. The van der Waals surface area contributed by atoms with E-state index in [0.717, 1.165) is 13.2 Å². The van der Waals surface area contributed by atoms with E-state index in [1.54, 1.807) is 0 Å². The van der Waals surface area contributed by atoms with Gasteiger partial charge in [0.15, 0.2) is 0 Å². The van der Waals surface area contributed by atoms with Crippen LogP contribution in [0.4, 0.5) is 13.2 Å². The maximum Gasteiger partial charge on any atom is 0.416 e. The highest BCUT2D eigenvalue weighted by Gasteiger charge is 2.36. The average Bonchev–Trinajstić information content (AvgIpc) is 2.52. The molecule has 1 atom stereocenters. The highest BCUT2D eigenvalue weighted by molar-refractivity contribution is 9.08. The van der Waals surface area contributed by atoms with Crippen LogP contribution in [-0.2, 0) is 27.5 Å². The van der Waals surface area contributed by atoms with E-state index < -0.39 is 17.7 Å². The first-order valence-electron chi connectivity index (χ1n) is 7.47. The molecule has 1 saturated heterocycles. The Hall–Kier alpha value is -1.12. The molecule has 4 nitrogen and oxygen atoms in total. The molecule has 1 aliphatic rings. The second kappa shape index (κ2) is 7.84. The summed E-state index contributed by atoms with van der Waals surface area (Å²) in [6, 6.07) is 2.60. The molecule has 0 spiro atoms. The van der Waals surface area contributed by atoms with Crippen molar-refractivity contribution in [3.05, 3.63) is 34.4 Å². The number of alkyl halides is 4. The number of carbonyl (C=O) groups excluding carboxylic acids is 1. The first kappa shape index (κ1) is 19.2. The van der Waals surface area contributed by atoms with Crippen molar-refractivity contribution in [3.63, 3.8) is 0 Å². The van der Waals surface area contributed by atoms with Crippen molar-refractivity contribution in [2.45, 2.75) is 31.1 Å². The van der Waals surface area contributed by atoms with Crippen molar-refractivity contribution in [1.29, 1.82) is 0 Å². The summed E-state index contributed by atoms with van der Waals surface area (Å²) < 4.78 is 50.3. The molecule has 1 aromatic rings. The highest BCUT2D eigenvalue weighted by Crippen LogP contribution is 2.36. The quantitative estimate of drug-likeness (QED) is 0.562. The Labute approximate surface area is 147 Å². The first-order valence-corrected chi connectivity index (χ1v) is 8.59. The van der Waals surface area contributed by atoms with Gasteiger partial charge >= 0.3 is 12.1 Å². The van der Waals surface area contributed by atoms with Gasteiger partial charge in [-0.1, -0.05) is 15.9 Å². The second-order valence-electron chi connectivity index (χ2n) is 5.71. The first-order chi connectivity index (χ1) is 11.3. The van der Waals surface area contributed by atoms with Crippen molar-refractivity contribution in [1.82, 2.24) is 4.90 Å². The lowest BCUT2D eigenvalue weighted by atomic mass is 9.97. The Morgan fingerprint density at radius 2 is 2.17 bits per heavy atom. The smallest absolute Gasteiger partial charge is 0.416 e. The van der Waals surface area contributed by atoms with Gasteiger partial charge in [0, 0.05) is 25.0 Å². The van der Waals surface area contributed by atoms with Crippen molar-refractivity contribution in [2.24, 2.45) is 0 Å². The molecule has 0 aromatic heterocycles. The van der Waals surface area contributed by atoms with Gasteiger partial charge in [-0.15, -0.1) is 0 Å². The van der Waals surface area contributed by atoms with Crippen LogP contribution in [0.2, 0.25) is 0 Å². The van der Waals surface area contributed by atoms with Crippen LogP contribution >= 0.6 is 15.9 Å². The molecule has 2 rings (SSSR count). The second-order valence-corrected chi connectivity index (χ2v) is 6.27. The zero-order valence-electron chi connectivity index (χ0n) is 13.5. The van der Waals surface area contributed by atoms with Crippen LogP contribution < -0.4 is 0 Å². The summed E-state index contributed by atoms with van der Waals surface area (Å²) in [5.41, 5.74) is -0.533.